The standard InChI is InChI=1S/C54H37N/c1-2-12-38(13-3-1)39-26-32-45(33-27-39)55(46-34-28-42(29-35-46)49-22-8-16-40-14-4-6-20-48(40)49)47-36-30-43(31-37-47)51-23-10-18-44-19-11-25-53(54(44)51)52-24-9-17-41-15-5-7-21-50(41)52/h1-37H. The first-order chi connectivity index (χ1) is 27.3. The molecular weight excluding hydrogens is 663 g/mol. The Morgan fingerprint density at radius 2 is 0.600 bits per heavy atom. The van der Waals surface area contributed by atoms with Crippen molar-refractivity contribution in [2.45, 2.75) is 0 Å². The summed E-state index contributed by atoms with van der Waals surface area (Å²) in [6.07, 6.45) is 0. The van der Waals surface area contributed by atoms with Crippen molar-refractivity contribution in [3.63, 3.8) is 0 Å². The molecule has 0 bridgehead atoms. The van der Waals surface area contributed by atoms with E-state index in [-0.39, 0.29) is 0 Å². The maximum absolute atomic E-state index is 2.36. The second kappa shape index (κ2) is 14.0. The number of anilines is 3. The quantitative estimate of drug-likeness (QED) is 0.160. The topological polar surface area (TPSA) is 3.24 Å². The van der Waals surface area contributed by atoms with E-state index in [0.29, 0.717) is 0 Å². The third-order valence-electron chi connectivity index (χ3n) is 10.9. The fraction of sp³-hybridized carbons (Fsp3) is 0. The highest BCUT2D eigenvalue weighted by Gasteiger charge is 2.16. The molecule has 0 fully saturated rings. The van der Waals surface area contributed by atoms with Crippen molar-refractivity contribution in [3.05, 3.63) is 224 Å². The SMILES string of the molecule is c1ccc(-c2ccc(N(c3ccc(-c4cccc5ccccc45)cc3)c3ccc(-c4cccc5cccc(-c6cccc7ccccc67)c45)cc3)cc2)cc1. The summed E-state index contributed by atoms with van der Waals surface area (Å²) in [5.74, 6) is 0. The van der Waals surface area contributed by atoms with Crippen molar-refractivity contribution in [2.24, 2.45) is 0 Å². The van der Waals surface area contributed by atoms with Crippen LogP contribution in [-0.2, 0) is 0 Å². The van der Waals surface area contributed by atoms with Crippen molar-refractivity contribution in [3.8, 4) is 44.5 Å². The molecule has 0 atom stereocenters. The van der Waals surface area contributed by atoms with Crippen molar-refractivity contribution in [2.75, 3.05) is 4.90 Å². The molecule has 55 heavy (non-hydrogen) atoms. The zero-order valence-corrected chi connectivity index (χ0v) is 30.3. The Balaban J connectivity index is 1.07. The van der Waals surface area contributed by atoms with Gasteiger partial charge in [0.15, 0.2) is 0 Å². The van der Waals surface area contributed by atoms with Crippen LogP contribution < -0.4 is 4.90 Å². The molecule has 0 aromatic heterocycles. The van der Waals surface area contributed by atoms with E-state index in [9.17, 15) is 0 Å². The molecule has 10 aromatic carbocycles. The molecule has 10 rings (SSSR count). The summed E-state index contributed by atoms with van der Waals surface area (Å²) in [7, 11) is 0. The van der Waals surface area contributed by atoms with Gasteiger partial charge >= 0.3 is 0 Å². The average molecular weight is 700 g/mol. The van der Waals surface area contributed by atoms with E-state index >= 15 is 0 Å². The minimum atomic E-state index is 1.10. The van der Waals surface area contributed by atoms with Gasteiger partial charge in [-0.1, -0.05) is 188 Å². The maximum atomic E-state index is 2.36. The monoisotopic (exact) mass is 699 g/mol. The third-order valence-corrected chi connectivity index (χ3v) is 10.9. The number of nitrogens with zero attached hydrogens (tertiary/aromatic N) is 1. The van der Waals surface area contributed by atoms with Gasteiger partial charge in [0, 0.05) is 17.1 Å². The molecule has 0 spiro atoms. The third kappa shape index (κ3) is 6.02. The van der Waals surface area contributed by atoms with Crippen LogP contribution in [0.1, 0.15) is 0 Å². The normalized spacial score (nSPS) is 11.3. The van der Waals surface area contributed by atoms with E-state index in [1.54, 1.807) is 0 Å². The summed E-state index contributed by atoms with van der Waals surface area (Å²) in [6, 6.07) is 81.4. The number of benzene rings is 10. The van der Waals surface area contributed by atoms with Gasteiger partial charge in [0.05, 0.1) is 0 Å². The predicted octanol–water partition coefficient (Wildman–Crippen LogP) is 15.3. The summed E-state index contributed by atoms with van der Waals surface area (Å²) < 4.78 is 0. The van der Waals surface area contributed by atoms with E-state index in [1.165, 1.54) is 76.8 Å². The number of fused-ring (bicyclic) bond motifs is 3. The first kappa shape index (κ1) is 32.4. The van der Waals surface area contributed by atoms with Gasteiger partial charge < -0.3 is 4.90 Å². The Labute approximate surface area is 322 Å². The van der Waals surface area contributed by atoms with E-state index < -0.39 is 0 Å². The van der Waals surface area contributed by atoms with Crippen LogP contribution in [0.25, 0.3) is 76.8 Å². The van der Waals surface area contributed by atoms with Gasteiger partial charge in [-0.25, -0.2) is 0 Å². The van der Waals surface area contributed by atoms with Crippen LogP contribution in [0.5, 0.6) is 0 Å². The highest BCUT2D eigenvalue weighted by atomic mass is 15.1. The summed E-state index contributed by atoms with van der Waals surface area (Å²) in [6.45, 7) is 0. The lowest BCUT2D eigenvalue weighted by Crippen LogP contribution is -2.09. The maximum Gasteiger partial charge on any atom is 0.0462 e. The number of rotatable bonds is 7. The van der Waals surface area contributed by atoms with Crippen molar-refractivity contribution >= 4 is 49.4 Å². The molecule has 0 radical (unpaired) electrons. The summed E-state index contributed by atoms with van der Waals surface area (Å²) in [4.78, 5) is 2.36. The molecule has 1 heteroatoms. The van der Waals surface area contributed by atoms with Crippen LogP contribution in [0.2, 0.25) is 0 Å². The second-order valence-electron chi connectivity index (χ2n) is 14.1. The first-order valence-electron chi connectivity index (χ1n) is 18.9. The summed E-state index contributed by atoms with van der Waals surface area (Å²) in [5, 5.41) is 7.53. The van der Waals surface area contributed by atoms with Gasteiger partial charge in [0.25, 0.3) is 0 Å². The van der Waals surface area contributed by atoms with Gasteiger partial charge in [0.2, 0.25) is 0 Å². The zero-order chi connectivity index (χ0) is 36.6. The molecule has 0 aliphatic carbocycles. The predicted molar refractivity (Wildman–Crippen MR) is 235 cm³/mol. The number of hydrogen-bond acceptors (Lipinski definition) is 1. The van der Waals surface area contributed by atoms with Gasteiger partial charge in [-0.2, -0.15) is 0 Å². The fourth-order valence-electron chi connectivity index (χ4n) is 8.20. The van der Waals surface area contributed by atoms with E-state index in [0.717, 1.165) is 17.1 Å². The molecule has 10 aromatic rings. The van der Waals surface area contributed by atoms with Gasteiger partial charge in [-0.15, -0.1) is 0 Å². The molecule has 0 amide bonds. The molecule has 0 aliphatic rings. The molecule has 0 saturated carbocycles. The van der Waals surface area contributed by atoms with E-state index in [2.05, 4.69) is 229 Å². The highest BCUT2D eigenvalue weighted by molar-refractivity contribution is 6.11. The van der Waals surface area contributed by atoms with Crippen LogP contribution in [0, 0.1) is 0 Å². The molecule has 0 saturated heterocycles. The second-order valence-corrected chi connectivity index (χ2v) is 14.1. The Morgan fingerprint density at radius 1 is 0.218 bits per heavy atom. The minimum Gasteiger partial charge on any atom is -0.311 e. The van der Waals surface area contributed by atoms with E-state index in [1.807, 2.05) is 0 Å². The van der Waals surface area contributed by atoms with E-state index in [4.69, 9.17) is 0 Å². The Morgan fingerprint density at radius 3 is 1.18 bits per heavy atom. The van der Waals surface area contributed by atoms with Crippen molar-refractivity contribution in [1.82, 2.24) is 0 Å². The van der Waals surface area contributed by atoms with Crippen LogP contribution in [0.4, 0.5) is 17.1 Å². The lowest BCUT2D eigenvalue weighted by molar-refractivity contribution is 1.28. The van der Waals surface area contributed by atoms with Crippen molar-refractivity contribution in [1.29, 1.82) is 0 Å². The highest BCUT2D eigenvalue weighted by Crippen LogP contribution is 2.42. The summed E-state index contributed by atoms with van der Waals surface area (Å²) >= 11 is 0. The molecule has 0 heterocycles. The largest absolute Gasteiger partial charge is 0.311 e. The van der Waals surface area contributed by atoms with Gasteiger partial charge in [-0.3, -0.25) is 0 Å². The molecule has 1 nitrogen and oxygen atoms in total. The summed E-state index contributed by atoms with van der Waals surface area (Å²) in [5.41, 5.74) is 13.1. The van der Waals surface area contributed by atoms with Crippen LogP contribution in [0.3, 0.4) is 0 Å². The average Bonchev–Trinajstić information content (AvgIpc) is 3.27. The van der Waals surface area contributed by atoms with Crippen LogP contribution >= 0.6 is 0 Å². The Hall–Kier alpha value is -7.22. The Bertz CT molecular complexity index is 2930. The molecular formula is C54H37N. The van der Waals surface area contributed by atoms with Gasteiger partial charge in [0.1, 0.15) is 0 Å². The molecule has 0 N–H and O–H groups in total. The van der Waals surface area contributed by atoms with Crippen molar-refractivity contribution < 1.29 is 0 Å². The lowest BCUT2D eigenvalue weighted by Gasteiger charge is -2.26. The zero-order valence-electron chi connectivity index (χ0n) is 30.3. The molecule has 0 unspecified atom stereocenters. The lowest BCUT2D eigenvalue weighted by atomic mass is 9.89. The van der Waals surface area contributed by atoms with Crippen LogP contribution in [0.15, 0.2) is 224 Å². The van der Waals surface area contributed by atoms with Crippen LogP contribution in [-0.4, -0.2) is 0 Å². The smallest absolute Gasteiger partial charge is 0.0462 e. The minimum absolute atomic E-state index is 1.10. The fourth-order valence-corrected chi connectivity index (χ4v) is 8.20. The Kier molecular flexibility index (Phi) is 8.24. The van der Waals surface area contributed by atoms with Gasteiger partial charge in [-0.05, 0) is 113 Å². The molecule has 258 valence electrons. The molecule has 0 aliphatic heterocycles. The number of hydrogen-bond donors (Lipinski definition) is 0. The first-order valence-corrected chi connectivity index (χ1v) is 18.9.